The third kappa shape index (κ3) is 2.07. The third-order valence-electron chi connectivity index (χ3n) is 2.95. The molecule has 2 aromatic heterocycles. The molecule has 100 valence electrons. The summed E-state index contributed by atoms with van der Waals surface area (Å²) in [6.07, 6.45) is 1.55. The van der Waals surface area contributed by atoms with Crippen molar-refractivity contribution in [3.8, 4) is 0 Å². The highest BCUT2D eigenvalue weighted by molar-refractivity contribution is 6.03. The van der Waals surface area contributed by atoms with E-state index in [0.717, 1.165) is 0 Å². The van der Waals surface area contributed by atoms with Gasteiger partial charge in [-0.1, -0.05) is 6.07 Å². The number of hydrogen-bond acceptors (Lipinski definition) is 4. The van der Waals surface area contributed by atoms with Crippen molar-refractivity contribution in [2.45, 2.75) is 0 Å². The summed E-state index contributed by atoms with van der Waals surface area (Å²) in [7, 11) is 1.63. The Morgan fingerprint density at radius 2 is 2.15 bits per heavy atom. The van der Waals surface area contributed by atoms with Crippen molar-refractivity contribution in [1.29, 1.82) is 0 Å². The number of pyridine rings is 1. The van der Waals surface area contributed by atoms with Gasteiger partial charge in [-0.15, -0.1) is 0 Å². The van der Waals surface area contributed by atoms with Gasteiger partial charge in [0.15, 0.2) is 5.58 Å². The number of aromatic nitrogens is 2. The number of carbonyl (C=O) groups excluding carboxylic acids is 1. The molecule has 1 N–H and O–H groups in total. The Kier molecular flexibility index (Phi) is 2.83. The summed E-state index contributed by atoms with van der Waals surface area (Å²) in [6.45, 7) is 0. The maximum Gasteiger partial charge on any atom is 0.419 e. The quantitative estimate of drug-likeness (QED) is 0.769. The number of nitrogens with zero attached hydrogens (tertiary/aromatic N) is 2. The average molecular weight is 269 g/mol. The molecule has 3 aromatic rings. The molecule has 0 spiro atoms. The minimum absolute atomic E-state index is 0.316. The van der Waals surface area contributed by atoms with Crippen LogP contribution < -0.4 is 11.1 Å². The predicted octanol–water partition coefficient (Wildman–Crippen LogP) is 1.78. The zero-order valence-electron chi connectivity index (χ0n) is 10.7. The first-order valence-electron chi connectivity index (χ1n) is 5.97. The molecule has 1 aromatic carbocycles. The number of amides is 1. The summed E-state index contributed by atoms with van der Waals surface area (Å²) in [5, 5.41) is 2.71. The Morgan fingerprint density at radius 1 is 1.30 bits per heavy atom. The molecule has 20 heavy (non-hydrogen) atoms. The van der Waals surface area contributed by atoms with E-state index in [9.17, 15) is 9.59 Å². The van der Waals surface area contributed by atoms with Gasteiger partial charge in [-0.2, -0.15) is 0 Å². The number of carbonyl (C=O) groups is 1. The van der Waals surface area contributed by atoms with Crippen LogP contribution in [0.2, 0.25) is 0 Å². The fourth-order valence-electron chi connectivity index (χ4n) is 1.90. The van der Waals surface area contributed by atoms with E-state index in [4.69, 9.17) is 4.42 Å². The van der Waals surface area contributed by atoms with Crippen LogP contribution in [0, 0.1) is 0 Å². The minimum atomic E-state index is -0.437. The Bertz CT molecular complexity index is 834. The smallest absolute Gasteiger partial charge is 0.408 e. The molecule has 6 nitrogen and oxygen atoms in total. The molecule has 0 aliphatic rings. The second-order valence-corrected chi connectivity index (χ2v) is 4.28. The predicted molar refractivity (Wildman–Crippen MR) is 73.6 cm³/mol. The van der Waals surface area contributed by atoms with Gasteiger partial charge in [-0.05, 0) is 24.3 Å². The van der Waals surface area contributed by atoms with Crippen molar-refractivity contribution >= 4 is 22.7 Å². The van der Waals surface area contributed by atoms with E-state index in [0.29, 0.717) is 22.5 Å². The first-order chi connectivity index (χ1) is 9.65. The summed E-state index contributed by atoms with van der Waals surface area (Å²) < 4.78 is 6.47. The van der Waals surface area contributed by atoms with Crippen molar-refractivity contribution in [2.24, 2.45) is 7.05 Å². The van der Waals surface area contributed by atoms with Crippen LogP contribution in [0.3, 0.4) is 0 Å². The Labute approximate surface area is 113 Å². The number of nitrogens with one attached hydrogen (secondary N) is 1. The van der Waals surface area contributed by atoms with E-state index in [1.165, 1.54) is 4.57 Å². The Hall–Kier alpha value is -2.89. The van der Waals surface area contributed by atoms with Crippen molar-refractivity contribution < 1.29 is 9.21 Å². The molecule has 0 fully saturated rings. The second kappa shape index (κ2) is 4.65. The fraction of sp³-hybridized carbons (Fsp3) is 0.0714. The van der Waals surface area contributed by atoms with Gasteiger partial charge in [-0.25, -0.2) is 4.79 Å². The molecular formula is C14H11N3O3. The van der Waals surface area contributed by atoms with E-state index in [1.807, 2.05) is 0 Å². The lowest BCUT2D eigenvalue weighted by Crippen LogP contribution is -2.13. The van der Waals surface area contributed by atoms with Crippen molar-refractivity contribution in [1.82, 2.24) is 9.55 Å². The summed E-state index contributed by atoms with van der Waals surface area (Å²) in [4.78, 5) is 27.3. The first-order valence-corrected chi connectivity index (χ1v) is 5.97. The van der Waals surface area contributed by atoms with Crippen LogP contribution in [0.4, 0.5) is 5.69 Å². The lowest BCUT2D eigenvalue weighted by atomic mass is 10.2. The van der Waals surface area contributed by atoms with Crippen LogP contribution in [0.1, 0.15) is 10.5 Å². The highest BCUT2D eigenvalue weighted by atomic mass is 16.4. The molecule has 2 heterocycles. The standard InChI is InChI=1S/C14H11N3O3/c1-17-11-6-5-9(8-12(11)20-14(17)19)16-13(18)10-4-2-3-7-15-10/h2-8H,1H3,(H,16,18). The second-order valence-electron chi connectivity index (χ2n) is 4.28. The maximum atomic E-state index is 12.0. The first kappa shape index (κ1) is 12.2. The number of fused-ring (bicyclic) bond motifs is 1. The minimum Gasteiger partial charge on any atom is -0.408 e. The van der Waals surface area contributed by atoms with Crippen LogP contribution >= 0.6 is 0 Å². The molecule has 0 aliphatic heterocycles. The number of anilines is 1. The summed E-state index contributed by atoms with van der Waals surface area (Å²) >= 11 is 0. The molecule has 0 saturated carbocycles. The topological polar surface area (TPSA) is 77.1 Å². The zero-order valence-corrected chi connectivity index (χ0v) is 10.7. The van der Waals surface area contributed by atoms with E-state index >= 15 is 0 Å². The monoisotopic (exact) mass is 269 g/mol. The molecule has 0 radical (unpaired) electrons. The third-order valence-corrected chi connectivity index (χ3v) is 2.95. The van der Waals surface area contributed by atoms with E-state index in [1.54, 1.807) is 49.6 Å². The molecule has 3 rings (SSSR count). The lowest BCUT2D eigenvalue weighted by Gasteiger charge is -2.04. The van der Waals surface area contributed by atoms with Crippen molar-refractivity contribution in [3.05, 3.63) is 58.8 Å². The number of oxazole rings is 1. The van der Waals surface area contributed by atoms with Gasteiger partial charge >= 0.3 is 5.76 Å². The maximum absolute atomic E-state index is 12.0. The van der Waals surface area contributed by atoms with Gasteiger partial charge in [0.1, 0.15) is 5.69 Å². The summed E-state index contributed by atoms with van der Waals surface area (Å²) in [5.41, 5.74) is 1.96. The molecule has 6 heteroatoms. The number of benzene rings is 1. The SMILES string of the molecule is Cn1c(=O)oc2cc(NC(=O)c3ccccn3)ccc21. The van der Waals surface area contributed by atoms with Gasteiger partial charge in [0.25, 0.3) is 5.91 Å². The summed E-state index contributed by atoms with van der Waals surface area (Å²) in [5.74, 6) is -0.753. The zero-order chi connectivity index (χ0) is 14.1. The number of aryl methyl sites for hydroxylation is 1. The molecular weight excluding hydrogens is 258 g/mol. The van der Waals surface area contributed by atoms with E-state index < -0.39 is 5.76 Å². The lowest BCUT2D eigenvalue weighted by molar-refractivity contribution is 0.102. The molecule has 0 saturated heterocycles. The van der Waals surface area contributed by atoms with Gasteiger partial charge < -0.3 is 9.73 Å². The van der Waals surface area contributed by atoms with Crippen LogP contribution in [-0.2, 0) is 7.05 Å². The molecule has 1 amide bonds. The van der Waals surface area contributed by atoms with E-state index in [2.05, 4.69) is 10.3 Å². The normalized spacial score (nSPS) is 10.7. The number of hydrogen-bond donors (Lipinski definition) is 1. The van der Waals surface area contributed by atoms with Gasteiger partial charge in [-0.3, -0.25) is 14.3 Å². The van der Waals surface area contributed by atoms with Gasteiger partial charge in [0, 0.05) is 25.0 Å². The molecule has 0 bridgehead atoms. The molecule has 0 atom stereocenters. The molecule has 0 unspecified atom stereocenters. The van der Waals surface area contributed by atoms with Crippen LogP contribution in [0.5, 0.6) is 0 Å². The highest BCUT2D eigenvalue weighted by Crippen LogP contribution is 2.18. The van der Waals surface area contributed by atoms with Crippen molar-refractivity contribution in [3.63, 3.8) is 0 Å². The number of rotatable bonds is 2. The highest BCUT2D eigenvalue weighted by Gasteiger charge is 2.10. The van der Waals surface area contributed by atoms with Crippen molar-refractivity contribution in [2.75, 3.05) is 5.32 Å². The fourth-order valence-corrected chi connectivity index (χ4v) is 1.90. The van der Waals surface area contributed by atoms with E-state index in [-0.39, 0.29) is 5.91 Å². The van der Waals surface area contributed by atoms with Crippen LogP contribution in [-0.4, -0.2) is 15.5 Å². The largest absolute Gasteiger partial charge is 0.419 e. The van der Waals surface area contributed by atoms with Crippen LogP contribution in [0.25, 0.3) is 11.1 Å². The average Bonchev–Trinajstić information content (AvgIpc) is 2.74. The Morgan fingerprint density at radius 3 is 2.90 bits per heavy atom. The van der Waals surface area contributed by atoms with Gasteiger partial charge in [0.2, 0.25) is 0 Å². The van der Waals surface area contributed by atoms with Gasteiger partial charge in [0.05, 0.1) is 5.52 Å². The molecule has 0 aliphatic carbocycles. The Balaban J connectivity index is 1.92. The summed E-state index contributed by atoms with van der Waals surface area (Å²) in [6, 6.07) is 10.1. The van der Waals surface area contributed by atoms with Crippen LogP contribution in [0.15, 0.2) is 51.8 Å².